The molecular weight excluding hydrogens is 275 g/mol. The van der Waals surface area contributed by atoms with Crippen LogP contribution in [0.1, 0.15) is 12.0 Å². The number of nitro groups is 1. The first-order chi connectivity index (χ1) is 8.36. The van der Waals surface area contributed by atoms with Gasteiger partial charge in [0.05, 0.1) is 17.1 Å². The Morgan fingerprint density at radius 2 is 2.06 bits per heavy atom. The fourth-order valence-electron chi connectivity index (χ4n) is 1.20. The van der Waals surface area contributed by atoms with Crippen molar-refractivity contribution in [2.45, 2.75) is 12.6 Å². The summed E-state index contributed by atoms with van der Waals surface area (Å²) in [5.41, 5.74) is -1.79. The van der Waals surface area contributed by atoms with Gasteiger partial charge in [0.25, 0.3) is 0 Å². The summed E-state index contributed by atoms with van der Waals surface area (Å²) in [6, 6.07) is 2.13. The molecule has 0 spiro atoms. The smallest absolute Gasteiger partial charge is 0.416 e. The molecule has 0 bridgehead atoms. The Hall–Kier alpha value is -1.50. The van der Waals surface area contributed by atoms with Crippen LogP contribution in [0.25, 0.3) is 0 Å². The third kappa shape index (κ3) is 3.76. The molecule has 18 heavy (non-hydrogen) atoms. The number of hydrogen-bond acceptors (Lipinski definition) is 3. The van der Waals surface area contributed by atoms with Crippen LogP contribution in [0.15, 0.2) is 18.2 Å². The minimum Gasteiger partial charge on any atom is -0.487 e. The van der Waals surface area contributed by atoms with Crippen molar-refractivity contribution in [2.24, 2.45) is 0 Å². The molecule has 1 aromatic rings. The summed E-state index contributed by atoms with van der Waals surface area (Å²) >= 11 is 5.39. The van der Waals surface area contributed by atoms with Crippen molar-refractivity contribution in [3.05, 3.63) is 33.9 Å². The maximum absolute atomic E-state index is 12.4. The van der Waals surface area contributed by atoms with E-state index in [1.165, 1.54) is 0 Å². The molecule has 0 heterocycles. The summed E-state index contributed by atoms with van der Waals surface area (Å²) in [6.07, 6.45) is -4.18. The largest absolute Gasteiger partial charge is 0.487 e. The van der Waals surface area contributed by atoms with E-state index in [0.717, 1.165) is 12.1 Å². The molecule has 0 aliphatic heterocycles. The van der Waals surface area contributed by atoms with Crippen LogP contribution in [0.3, 0.4) is 0 Å². The van der Waals surface area contributed by atoms with Crippen molar-refractivity contribution in [1.29, 1.82) is 0 Å². The Bertz CT molecular complexity index is 437. The number of benzene rings is 1. The number of halogens is 4. The molecule has 0 atom stereocenters. The van der Waals surface area contributed by atoms with E-state index >= 15 is 0 Å². The fraction of sp³-hybridized carbons (Fsp3) is 0.400. The Morgan fingerprint density at radius 1 is 1.39 bits per heavy atom. The van der Waals surface area contributed by atoms with Gasteiger partial charge in [-0.3, -0.25) is 10.1 Å². The summed E-state index contributed by atoms with van der Waals surface area (Å²) in [7, 11) is 0. The second-order valence-electron chi connectivity index (χ2n) is 3.33. The van der Waals surface area contributed by atoms with Gasteiger partial charge in [-0.25, -0.2) is 0 Å². The zero-order valence-electron chi connectivity index (χ0n) is 9.04. The van der Waals surface area contributed by atoms with Gasteiger partial charge in [-0.15, -0.1) is 11.6 Å². The molecule has 8 heteroatoms. The van der Waals surface area contributed by atoms with Crippen LogP contribution in [0.4, 0.5) is 18.9 Å². The summed E-state index contributed by atoms with van der Waals surface area (Å²) in [6.45, 7) is 0.107. The second kappa shape index (κ2) is 5.90. The summed E-state index contributed by atoms with van der Waals surface area (Å²) in [4.78, 5) is 9.75. The van der Waals surface area contributed by atoms with Crippen molar-refractivity contribution in [2.75, 3.05) is 12.5 Å². The van der Waals surface area contributed by atoms with Crippen LogP contribution < -0.4 is 4.74 Å². The molecule has 0 aromatic heterocycles. The topological polar surface area (TPSA) is 52.4 Å². The number of alkyl halides is 4. The van der Waals surface area contributed by atoms with Crippen LogP contribution in [-0.2, 0) is 6.18 Å². The lowest BCUT2D eigenvalue weighted by atomic mass is 10.2. The van der Waals surface area contributed by atoms with E-state index in [0.29, 0.717) is 18.4 Å². The molecule has 1 rings (SSSR count). The molecule has 1 aromatic carbocycles. The van der Waals surface area contributed by atoms with Gasteiger partial charge in [0.15, 0.2) is 5.75 Å². The first-order valence-corrected chi connectivity index (χ1v) is 5.44. The van der Waals surface area contributed by atoms with E-state index in [-0.39, 0.29) is 12.4 Å². The van der Waals surface area contributed by atoms with Gasteiger partial charge in [-0.05, 0) is 18.6 Å². The number of rotatable bonds is 5. The quantitative estimate of drug-likeness (QED) is 0.359. The lowest BCUT2D eigenvalue weighted by Gasteiger charge is -2.09. The Labute approximate surface area is 105 Å². The third-order valence-electron chi connectivity index (χ3n) is 2.02. The minimum absolute atomic E-state index is 0.107. The predicted molar refractivity (Wildman–Crippen MR) is 58.9 cm³/mol. The van der Waals surface area contributed by atoms with Gasteiger partial charge < -0.3 is 4.74 Å². The molecule has 0 fully saturated rings. The first kappa shape index (κ1) is 14.6. The van der Waals surface area contributed by atoms with Crippen LogP contribution >= 0.6 is 11.6 Å². The molecule has 4 nitrogen and oxygen atoms in total. The van der Waals surface area contributed by atoms with Gasteiger partial charge in [0, 0.05) is 11.9 Å². The number of nitrogens with zero attached hydrogens (tertiary/aromatic N) is 1. The molecule has 0 aliphatic carbocycles. The highest BCUT2D eigenvalue weighted by Gasteiger charge is 2.33. The number of nitro benzene ring substituents is 1. The SMILES string of the molecule is O=[N+]([O-])c1cc(C(F)(F)F)ccc1OCCCCl. The van der Waals surface area contributed by atoms with Crippen molar-refractivity contribution < 1.29 is 22.8 Å². The average molecular weight is 284 g/mol. The van der Waals surface area contributed by atoms with E-state index in [4.69, 9.17) is 16.3 Å². The first-order valence-electron chi connectivity index (χ1n) is 4.90. The highest BCUT2D eigenvalue weighted by molar-refractivity contribution is 6.17. The van der Waals surface area contributed by atoms with Crippen LogP contribution in [0.2, 0.25) is 0 Å². The predicted octanol–water partition coefficient (Wildman–Crippen LogP) is 3.62. The van der Waals surface area contributed by atoms with E-state index in [1.54, 1.807) is 0 Å². The molecule has 0 saturated carbocycles. The van der Waals surface area contributed by atoms with Crippen LogP contribution in [0.5, 0.6) is 5.75 Å². The van der Waals surface area contributed by atoms with Gasteiger partial charge in [0.1, 0.15) is 0 Å². The third-order valence-corrected chi connectivity index (χ3v) is 2.29. The van der Waals surface area contributed by atoms with Gasteiger partial charge in [0.2, 0.25) is 0 Å². The van der Waals surface area contributed by atoms with Crippen molar-refractivity contribution in [3.8, 4) is 5.75 Å². The zero-order valence-corrected chi connectivity index (χ0v) is 9.79. The highest BCUT2D eigenvalue weighted by atomic mass is 35.5. The van der Waals surface area contributed by atoms with Crippen LogP contribution in [-0.4, -0.2) is 17.4 Å². The van der Waals surface area contributed by atoms with E-state index in [9.17, 15) is 23.3 Å². The number of hydrogen-bond donors (Lipinski definition) is 0. The molecular formula is C10H9ClF3NO3. The molecule has 100 valence electrons. The lowest BCUT2D eigenvalue weighted by molar-refractivity contribution is -0.386. The molecule has 0 unspecified atom stereocenters. The van der Waals surface area contributed by atoms with Crippen molar-refractivity contribution in [1.82, 2.24) is 0 Å². The van der Waals surface area contributed by atoms with Crippen molar-refractivity contribution in [3.63, 3.8) is 0 Å². The van der Waals surface area contributed by atoms with Gasteiger partial charge in [-0.1, -0.05) is 0 Å². The minimum atomic E-state index is -4.63. The Balaban J connectivity index is 3.01. The van der Waals surface area contributed by atoms with Crippen LogP contribution in [0, 0.1) is 10.1 Å². The van der Waals surface area contributed by atoms with E-state index in [1.807, 2.05) is 0 Å². The Morgan fingerprint density at radius 3 is 2.56 bits per heavy atom. The van der Waals surface area contributed by atoms with Gasteiger partial charge in [-0.2, -0.15) is 13.2 Å². The summed E-state index contributed by atoms with van der Waals surface area (Å²) < 4.78 is 42.2. The summed E-state index contributed by atoms with van der Waals surface area (Å²) in [5, 5.41) is 10.7. The van der Waals surface area contributed by atoms with Gasteiger partial charge >= 0.3 is 11.9 Å². The highest BCUT2D eigenvalue weighted by Crippen LogP contribution is 2.35. The Kier molecular flexibility index (Phi) is 4.77. The number of ether oxygens (including phenoxy) is 1. The van der Waals surface area contributed by atoms with E-state index < -0.39 is 22.4 Å². The maximum Gasteiger partial charge on any atom is 0.416 e. The molecule has 0 N–H and O–H groups in total. The standard InChI is InChI=1S/C10H9ClF3NO3/c11-4-1-5-18-9-3-2-7(10(12,13)14)6-8(9)15(16)17/h2-3,6H,1,4-5H2. The second-order valence-corrected chi connectivity index (χ2v) is 3.71. The average Bonchev–Trinajstić information content (AvgIpc) is 2.28. The molecule has 0 amide bonds. The monoisotopic (exact) mass is 283 g/mol. The van der Waals surface area contributed by atoms with E-state index in [2.05, 4.69) is 0 Å². The maximum atomic E-state index is 12.4. The summed E-state index contributed by atoms with van der Waals surface area (Å²) in [5.74, 6) is 0.104. The fourth-order valence-corrected chi connectivity index (χ4v) is 1.30. The molecule has 0 saturated heterocycles. The normalized spacial score (nSPS) is 11.3. The molecule has 0 radical (unpaired) electrons. The van der Waals surface area contributed by atoms with Crippen molar-refractivity contribution >= 4 is 17.3 Å². The lowest BCUT2D eigenvalue weighted by Crippen LogP contribution is -2.07. The molecule has 0 aliphatic rings. The zero-order chi connectivity index (χ0) is 13.8.